The van der Waals surface area contributed by atoms with Gasteiger partial charge in [0, 0.05) is 6.54 Å². The van der Waals surface area contributed by atoms with E-state index in [0.29, 0.717) is 6.61 Å². The van der Waals surface area contributed by atoms with Crippen LogP contribution in [0.15, 0.2) is 48.5 Å². The summed E-state index contributed by atoms with van der Waals surface area (Å²) in [7, 11) is 0. The molecule has 0 spiro atoms. The van der Waals surface area contributed by atoms with Crippen molar-refractivity contribution in [3.05, 3.63) is 54.1 Å². The zero-order chi connectivity index (χ0) is 14.2. The molecule has 0 saturated carbocycles. The van der Waals surface area contributed by atoms with Gasteiger partial charge in [-0.05, 0) is 54.8 Å². The van der Waals surface area contributed by atoms with Crippen LogP contribution in [0.3, 0.4) is 0 Å². The van der Waals surface area contributed by atoms with Crippen LogP contribution in [0.4, 0.5) is 0 Å². The standard InChI is InChI=1S/C18H23NO/c1-3-12-19-14-15-6-5-7-17(13-15)16-8-10-18(11-9-16)20-4-2/h5-11,13,19H,3-4,12,14H2,1-2H3. The fraction of sp³-hybridized carbons (Fsp3) is 0.333. The Kier molecular flexibility index (Phi) is 5.63. The first-order chi connectivity index (χ1) is 9.83. The first-order valence-corrected chi connectivity index (χ1v) is 7.36. The van der Waals surface area contributed by atoms with Gasteiger partial charge in [-0.2, -0.15) is 0 Å². The number of hydrogen-bond donors (Lipinski definition) is 1. The second kappa shape index (κ2) is 7.71. The summed E-state index contributed by atoms with van der Waals surface area (Å²) in [6.07, 6.45) is 1.17. The average molecular weight is 269 g/mol. The summed E-state index contributed by atoms with van der Waals surface area (Å²) in [5.74, 6) is 0.928. The third-order valence-corrected chi connectivity index (χ3v) is 3.18. The highest BCUT2D eigenvalue weighted by Gasteiger charge is 2.00. The lowest BCUT2D eigenvalue weighted by Gasteiger charge is -2.08. The molecule has 0 fully saturated rings. The molecule has 0 saturated heterocycles. The third kappa shape index (κ3) is 4.10. The summed E-state index contributed by atoms with van der Waals surface area (Å²) in [5, 5.41) is 3.44. The number of rotatable bonds is 7. The molecule has 106 valence electrons. The van der Waals surface area contributed by atoms with E-state index in [4.69, 9.17) is 4.74 Å². The summed E-state index contributed by atoms with van der Waals surface area (Å²) in [6.45, 7) is 6.88. The molecule has 0 aromatic heterocycles. The first kappa shape index (κ1) is 14.6. The first-order valence-electron chi connectivity index (χ1n) is 7.36. The topological polar surface area (TPSA) is 21.3 Å². The van der Waals surface area contributed by atoms with Gasteiger partial charge >= 0.3 is 0 Å². The van der Waals surface area contributed by atoms with Crippen molar-refractivity contribution in [2.45, 2.75) is 26.8 Å². The summed E-state index contributed by atoms with van der Waals surface area (Å²) in [6, 6.07) is 17.0. The van der Waals surface area contributed by atoms with E-state index < -0.39 is 0 Å². The van der Waals surface area contributed by atoms with Crippen LogP contribution in [0.2, 0.25) is 0 Å². The van der Waals surface area contributed by atoms with Crippen LogP contribution in [0.5, 0.6) is 5.75 Å². The van der Waals surface area contributed by atoms with Gasteiger partial charge in [0.25, 0.3) is 0 Å². The Morgan fingerprint density at radius 2 is 1.75 bits per heavy atom. The SMILES string of the molecule is CCCNCc1cccc(-c2ccc(OCC)cc2)c1. The molecule has 0 aliphatic heterocycles. The molecular formula is C18H23NO. The Labute approximate surface area is 121 Å². The van der Waals surface area contributed by atoms with E-state index in [1.807, 2.05) is 19.1 Å². The van der Waals surface area contributed by atoms with Gasteiger partial charge in [-0.1, -0.05) is 37.3 Å². The van der Waals surface area contributed by atoms with E-state index >= 15 is 0 Å². The monoisotopic (exact) mass is 269 g/mol. The maximum atomic E-state index is 5.48. The number of benzene rings is 2. The predicted octanol–water partition coefficient (Wildman–Crippen LogP) is 4.25. The van der Waals surface area contributed by atoms with E-state index in [2.05, 4.69) is 48.6 Å². The van der Waals surface area contributed by atoms with Crippen LogP contribution in [-0.4, -0.2) is 13.2 Å². The molecular weight excluding hydrogens is 246 g/mol. The molecule has 0 radical (unpaired) electrons. The minimum Gasteiger partial charge on any atom is -0.494 e. The van der Waals surface area contributed by atoms with Crippen LogP contribution >= 0.6 is 0 Å². The lowest BCUT2D eigenvalue weighted by molar-refractivity contribution is 0.340. The highest BCUT2D eigenvalue weighted by molar-refractivity contribution is 5.64. The van der Waals surface area contributed by atoms with Crippen LogP contribution < -0.4 is 10.1 Å². The zero-order valence-corrected chi connectivity index (χ0v) is 12.4. The molecule has 0 heterocycles. The van der Waals surface area contributed by atoms with Gasteiger partial charge in [0.15, 0.2) is 0 Å². The lowest BCUT2D eigenvalue weighted by Crippen LogP contribution is -2.13. The second-order valence-electron chi connectivity index (χ2n) is 4.83. The quantitative estimate of drug-likeness (QED) is 0.759. The Hall–Kier alpha value is -1.80. The fourth-order valence-corrected chi connectivity index (χ4v) is 2.18. The van der Waals surface area contributed by atoms with Crippen molar-refractivity contribution in [1.29, 1.82) is 0 Å². The number of nitrogens with one attached hydrogen (secondary N) is 1. The van der Waals surface area contributed by atoms with E-state index in [-0.39, 0.29) is 0 Å². The number of ether oxygens (including phenoxy) is 1. The number of hydrogen-bond acceptors (Lipinski definition) is 2. The summed E-state index contributed by atoms with van der Waals surface area (Å²) < 4.78 is 5.48. The largest absolute Gasteiger partial charge is 0.494 e. The van der Waals surface area contributed by atoms with Gasteiger partial charge < -0.3 is 10.1 Å². The van der Waals surface area contributed by atoms with Crippen LogP contribution in [0, 0.1) is 0 Å². The van der Waals surface area contributed by atoms with Gasteiger partial charge in [0.05, 0.1) is 6.61 Å². The summed E-state index contributed by atoms with van der Waals surface area (Å²) in [4.78, 5) is 0. The molecule has 0 unspecified atom stereocenters. The Morgan fingerprint density at radius 1 is 0.950 bits per heavy atom. The maximum Gasteiger partial charge on any atom is 0.119 e. The van der Waals surface area contributed by atoms with Crippen molar-refractivity contribution < 1.29 is 4.74 Å². The van der Waals surface area contributed by atoms with Crippen LogP contribution in [0.25, 0.3) is 11.1 Å². The Bertz CT molecular complexity index is 519. The molecule has 2 aromatic carbocycles. The minimum atomic E-state index is 0.706. The van der Waals surface area contributed by atoms with Gasteiger partial charge in [0.1, 0.15) is 5.75 Å². The Morgan fingerprint density at radius 3 is 2.45 bits per heavy atom. The smallest absolute Gasteiger partial charge is 0.119 e. The van der Waals surface area contributed by atoms with Gasteiger partial charge in [-0.25, -0.2) is 0 Å². The van der Waals surface area contributed by atoms with Crippen molar-refractivity contribution in [1.82, 2.24) is 5.32 Å². The zero-order valence-electron chi connectivity index (χ0n) is 12.4. The van der Waals surface area contributed by atoms with Crippen molar-refractivity contribution in [3.8, 4) is 16.9 Å². The van der Waals surface area contributed by atoms with Crippen molar-refractivity contribution in [3.63, 3.8) is 0 Å². The molecule has 0 atom stereocenters. The fourth-order valence-electron chi connectivity index (χ4n) is 2.18. The highest BCUT2D eigenvalue weighted by Crippen LogP contribution is 2.23. The highest BCUT2D eigenvalue weighted by atomic mass is 16.5. The van der Waals surface area contributed by atoms with E-state index in [1.165, 1.54) is 23.1 Å². The molecule has 20 heavy (non-hydrogen) atoms. The normalized spacial score (nSPS) is 10.5. The van der Waals surface area contributed by atoms with E-state index in [9.17, 15) is 0 Å². The third-order valence-electron chi connectivity index (χ3n) is 3.18. The molecule has 0 bridgehead atoms. The minimum absolute atomic E-state index is 0.706. The van der Waals surface area contributed by atoms with Gasteiger partial charge in [-0.3, -0.25) is 0 Å². The van der Waals surface area contributed by atoms with Gasteiger partial charge in [0.2, 0.25) is 0 Å². The lowest BCUT2D eigenvalue weighted by atomic mass is 10.0. The van der Waals surface area contributed by atoms with Crippen molar-refractivity contribution in [2.24, 2.45) is 0 Å². The molecule has 1 N–H and O–H groups in total. The maximum absolute atomic E-state index is 5.48. The van der Waals surface area contributed by atoms with Crippen LogP contribution in [-0.2, 0) is 6.54 Å². The van der Waals surface area contributed by atoms with Gasteiger partial charge in [-0.15, -0.1) is 0 Å². The predicted molar refractivity (Wildman–Crippen MR) is 85.0 cm³/mol. The molecule has 2 heteroatoms. The molecule has 0 aliphatic carbocycles. The average Bonchev–Trinajstić information content (AvgIpc) is 2.49. The second-order valence-corrected chi connectivity index (χ2v) is 4.83. The van der Waals surface area contributed by atoms with Crippen molar-refractivity contribution >= 4 is 0 Å². The summed E-state index contributed by atoms with van der Waals surface area (Å²) in [5.41, 5.74) is 3.81. The Balaban J connectivity index is 2.09. The molecule has 0 amide bonds. The molecule has 2 rings (SSSR count). The molecule has 2 nitrogen and oxygen atoms in total. The van der Waals surface area contributed by atoms with E-state index in [0.717, 1.165) is 18.8 Å². The van der Waals surface area contributed by atoms with Crippen LogP contribution in [0.1, 0.15) is 25.8 Å². The molecule has 2 aromatic rings. The van der Waals surface area contributed by atoms with Crippen molar-refractivity contribution in [2.75, 3.05) is 13.2 Å². The molecule has 0 aliphatic rings. The van der Waals surface area contributed by atoms with E-state index in [1.54, 1.807) is 0 Å². The summed E-state index contributed by atoms with van der Waals surface area (Å²) >= 11 is 0.